The molecule has 2 amide bonds. The molecule has 1 N–H and O–H groups in total. The number of carbonyl (C=O) groups excluding carboxylic acids is 2. The van der Waals surface area contributed by atoms with Crippen molar-refractivity contribution in [3.63, 3.8) is 0 Å². The highest BCUT2D eigenvalue weighted by atomic mass is 16.6. The lowest BCUT2D eigenvalue weighted by Gasteiger charge is -2.39. The van der Waals surface area contributed by atoms with Crippen LogP contribution in [0.15, 0.2) is 18.2 Å². The zero-order valence-electron chi connectivity index (χ0n) is 16.7. The van der Waals surface area contributed by atoms with Crippen LogP contribution >= 0.6 is 0 Å². The van der Waals surface area contributed by atoms with Gasteiger partial charge in [-0.15, -0.1) is 0 Å². The number of amides is 2. The van der Waals surface area contributed by atoms with E-state index in [1.807, 2.05) is 50.8 Å². The molecule has 27 heavy (non-hydrogen) atoms. The average Bonchev–Trinajstić information content (AvgIpc) is 3.03. The molecular formula is C20H29N3O4. The molecule has 2 heterocycles. The topological polar surface area (TPSA) is 71.1 Å². The van der Waals surface area contributed by atoms with Gasteiger partial charge in [-0.1, -0.05) is 6.07 Å². The van der Waals surface area contributed by atoms with Gasteiger partial charge in [0.1, 0.15) is 17.4 Å². The number of benzene rings is 1. The van der Waals surface area contributed by atoms with Crippen molar-refractivity contribution in [3.8, 4) is 5.75 Å². The Kier molecular flexibility index (Phi) is 5.33. The molecular weight excluding hydrogens is 346 g/mol. The van der Waals surface area contributed by atoms with Gasteiger partial charge in [-0.2, -0.15) is 0 Å². The van der Waals surface area contributed by atoms with Gasteiger partial charge in [0.2, 0.25) is 5.91 Å². The minimum absolute atomic E-state index is 0.00521. The van der Waals surface area contributed by atoms with Crippen molar-refractivity contribution in [1.29, 1.82) is 0 Å². The lowest BCUT2D eigenvalue weighted by molar-refractivity contribution is -0.135. The molecule has 3 rings (SSSR count). The van der Waals surface area contributed by atoms with Gasteiger partial charge in [0.25, 0.3) is 0 Å². The zero-order valence-corrected chi connectivity index (χ0v) is 16.7. The van der Waals surface area contributed by atoms with Crippen LogP contribution in [0, 0.1) is 0 Å². The van der Waals surface area contributed by atoms with E-state index in [-0.39, 0.29) is 18.0 Å². The quantitative estimate of drug-likeness (QED) is 0.858. The molecule has 0 bridgehead atoms. The van der Waals surface area contributed by atoms with Crippen LogP contribution in [-0.4, -0.2) is 59.7 Å². The molecule has 2 atom stereocenters. The van der Waals surface area contributed by atoms with Crippen LogP contribution in [0.1, 0.15) is 38.8 Å². The van der Waals surface area contributed by atoms with E-state index in [0.29, 0.717) is 26.2 Å². The highest BCUT2D eigenvalue weighted by molar-refractivity contribution is 5.84. The van der Waals surface area contributed by atoms with E-state index in [0.717, 1.165) is 16.9 Å². The Balaban J connectivity index is 1.66. The molecule has 0 aromatic heterocycles. The summed E-state index contributed by atoms with van der Waals surface area (Å²) in [5.74, 6) is 0.800. The lowest BCUT2D eigenvalue weighted by atomic mass is 10.1. The van der Waals surface area contributed by atoms with Crippen molar-refractivity contribution in [2.24, 2.45) is 0 Å². The second-order valence-corrected chi connectivity index (χ2v) is 8.27. The van der Waals surface area contributed by atoms with Crippen molar-refractivity contribution in [3.05, 3.63) is 29.3 Å². The van der Waals surface area contributed by atoms with Gasteiger partial charge >= 0.3 is 6.09 Å². The summed E-state index contributed by atoms with van der Waals surface area (Å²) in [5.41, 5.74) is 1.69. The van der Waals surface area contributed by atoms with Gasteiger partial charge < -0.3 is 24.6 Å². The maximum Gasteiger partial charge on any atom is 0.410 e. The van der Waals surface area contributed by atoms with E-state index >= 15 is 0 Å². The summed E-state index contributed by atoms with van der Waals surface area (Å²) >= 11 is 0. The van der Waals surface area contributed by atoms with Gasteiger partial charge in [0.15, 0.2) is 0 Å². The Bertz CT molecular complexity index is 728. The monoisotopic (exact) mass is 375 g/mol. The molecule has 1 aromatic rings. The van der Waals surface area contributed by atoms with Gasteiger partial charge in [-0.05, 0) is 51.0 Å². The first kappa shape index (κ1) is 19.5. The third-order valence-electron chi connectivity index (χ3n) is 4.94. The van der Waals surface area contributed by atoms with Crippen LogP contribution in [-0.2, 0) is 22.6 Å². The summed E-state index contributed by atoms with van der Waals surface area (Å²) < 4.78 is 10.8. The van der Waals surface area contributed by atoms with E-state index in [1.165, 1.54) is 0 Å². The first-order valence-corrected chi connectivity index (χ1v) is 9.35. The van der Waals surface area contributed by atoms with Gasteiger partial charge in [-0.3, -0.25) is 4.79 Å². The molecule has 7 heteroatoms. The number of hydrogen-bond donors (Lipinski definition) is 1. The molecule has 0 unspecified atom stereocenters. The summed E-state index contributed by atoms with van der Waals surface area (Å²) in [4.78, 5) is 29.0. The number of hydrogen-bond acceptors (Lipinski definition) is 5. The molecule has 1 fully saturated rings. The van der Waals surface area contributed by atoms with E-state index in [2.05, 4.69) is 5.32 Å². The van der Waals surface area contributed by atoms with Gasteiger partial charge in [-0.25, -0.2) is 4.79 Å². The van der Waals surface area contributed by atoms with Crippen molar-refractivity contribution < 1.29 is 19.1 Å². The number of piperazine rings is 1. The Morgan fingerprint density at radius 1 is 1.19 bits per heavy atom. The molecule has 1 aromatic carbocycles. The van der Waals surface area contributed by atoms with Crippen molar-refractivity contribution in [2.45, 2.75) is 58.5 Å². The average molecular weight is 375 g/mol. The van der Waals surface area contributed by atoms with Gasteiger partial charge in [0, 0.05) is 32.2 Å². The summed E-state index contributed by atoms with van der Waals surface area (Å²) in [5, 5.41) is 3.28. The number of nitrogens with one attached hydrogen (secondary N) is 1. The van der Waals surface area contributed by atoms with Crippen LogP contribution in [0.2, 0.25) is 0 Å². The fourth-order valence-electron chi connectivity index (χ4n) is 3.48. The lowest BCUT2D eigenvalue weighted by Crippen LogP contribution is -2.62. The van der Waals surface area contributed by atoms with Crippen LogP contribution in [0.5, 0.6) is 5.75 Å². The third-order valence-corrected chi connectivity index (χ3v) is 4.94. The normalized spacial score (nSPS) is 22.4. The second-order valence-electron chi connectivity index (χ2n) is 8.27. The van der Waals surface area contributed by atoms with E-state index < -0.39 is 11.6 Å². The van der Waals surface area contributed by atoms with Crippen LogP contribution in [0.3, 0.4) is 0 Å². The highest BCUT2D eigenvalue weighted by Crippen LogP contribution is 2.27. The summed E-state index contributed by atoms with van der Waals surface area (Å²) in [7, 11) is 1.64. The first-order chi connectivity index (χ1) is 12.7. The second kappa shape index (κ2) is 7.38. The minimum atomic E-state index is -0.559. The van der Waals surface area contributed by atoms with Crippen LogP contribution in [0.25, 0.3) is 0 Å². The number of fused-ring (bicyclic) bond motifs is 1. The standard InChI is InChI=1S/C20H29N3O4/c1-13-9-21-17(12-23(13)19(25)27-20(2,3)4)18(24)22-10-14-6-7-16(26-5)8-15(14)11-22/h6-8,13,17,21H,9-12H2,1-5H3/t13-,17+/m1/s1. The fraction of sp³-hybridized carbons (Fsp3) is 0.600. The number of rotatable bonds is 2. The predicted octanol–water partition coefficient (Wildman–Crippen LogP) is 2.13. The third kappa shape index (κ3) is 4.35. The van der Waals surface area contributed by atoms with Crippen LogP contribution in [0.4, 0.5) is 4.79 Å². The minimum Gasteiger partial charge on any atom is -0.497 e. The number of methoxy groups -OCH3 is 1. The van der Waals surface area contributed by atoms with E-state index in [4.69, 9.17) is 9.47 Å². The summed E-state index contributed by atoms with van der Waals surface area (Å²) in [6.07, 6.45) is -0.372. The molecule has 148 valence electrons. The molecule has 0 aliphatic carbocycles. The molecule has 0 spiro atoms. The number of nitrogens with zero attached hydrogens (tertiary/aromatic N) is 2. The maximum atomic E-state index is 13.0. The summed E-state index contributed by atoms with van der Waals surface area (Å²) in [6, 6.07) is 5.45. The Morgan fingerprint density at radius 3 is 2.56 bits per heavy atom. The number of carbonyl (C=O) groups is 2. The Morgan fingerprint density at radius 2 is 1.89 bits per heavy atom. The van der Waals surface area contributed by atoms with E-state index in [1.54, 1.807) is 12.0 Å². The fourth-order valence-corrected chi connectivity index (χ4v) is 3.48. The van der Waals surface area contributed by atoms with E-state index in [9.17, 15) is 9.59 Å². The SMILES string of the molecule is COc1ccc2c(c1)CN(C(=O)[C@@H]1CN(C(=O)OC(C)(C)C)[C@H](C)CN1)C2. The zero-order chi connectivity index (χ0) is 19.8. The molecule has 0 saturated carbocycles. The van der Waals surface area contributed by atoms with Gasteiger partial charge in [0.05, 0.1) is 7.11 Å². The molecule has 1 saturated heterocycles. The van der Waals surface area contributed by atoms with Crippen molar-refractivity contribution in [1.82, 2.24) is 15.1 Å². The largest absolute Gasteiger partial charge is 0.497 e. The first-order valence-electron chi connectivity index (χ1n) is 9.35. The summed E-state index contributed by atoms with van der Waals surface area (Å²) in [6.45, 7) is 9.50. The predicted molar refractivity (Wildman–Crippen MR) is 101 cm³/mol. The maximum absolute atomic E-state index is 13.0. The van der Waals surface area contributed by atoms with Crippen LogP contribution < -0.4 is 10.1 Å². The highest BCUT2D eigenvalue weighted by Gasteiger charge is 2.37. The number of ether oxygens (including phenoxy) is 2. The Hall–Kier alpha value is -2.28. The van der Waals surface area contributed by atoms with Crippen molar-refractivity contribution in [2.75, 3.05) is 20.2 Å². The molecule has 2 aliphatic heterocycles. The smallest absolute Gasteiger partial charge is 0.410 e. The molecule has 2 aliphatic rings. The van der Waals surface area contributed by atoms with Crippen molar-refractivity contribution >= 4 is 12.0 Å². The molecule has 0 radical (unpaired) electrons. The Labute approximate surface area is 160 Å². The molecule has 7 nitrogen and oxygen atoms in total.